The van der Waals surface area contributed by atoms with Crippen LogP contribution >= 0.6 is 11.8 Å². The molecule has 0 radical (unpaired) electrons. The first-order valence-electron chi connectivity index (χ1n) is 8.93. The fraction of sp³-hybridized carbons (Fsp3) is 0.474. The Bertz CT molecular complexity index is 862. The third-order valence-corrected chi connectivity index (χ3v) is 5.01. The zero-order valence-corrected chi connectivity index (χ0v) is 17.7. The minimum absolute atomic E-state index is 0.0291. The minimum Gasteiger partial charge on any atom is -0.351 e. The van der Waals surface area contributed by atoms with E-state index in [0.717, 1.165) is 0 Å². The van der Waals surface area contributed by atoms with Crippen LogP contribution in [0.2, 0.25) is 0 Å². The van der Waals surface area contributed by atoms with E-state index in [2.05, 4.69) is 20.8 Å². The van der Waals surface area contributed by atoms with Crippen LogP contribution in [-0.4, -0.2) is 37.4 Å². The number of thioether (sulfide) groups is 1. The van der Waals surface area contributed by atoms with Crippen LogP contribution in [0, 0.1) is 5.82 Å². The van der Waals surface area contributed by atoms with Crippen molar-refractivity contribution >= 4 is 23.6 Å². The van der Waals surface area contributed by atoms with E-state index in [1.54, 1.807) is 31.5 Å². The van der Waals surface area contributed by atoms with Gasteiger partial charge in [0.1, 0.15) is 5.82 Å². The maximum Gasteiger partial charge on any atom is 0.254 e. The molecule has 7 nitrogen and oxygen atoms in total. The molecule has 0 saturated heterocycles. The zero-order chi connectivity index (χ0) is 21.1. The molecule has 0 saturated carbocycles. The van der Waals surface area contributed by atoms with E-state index >= 15 is 0 Å². The van der Waals surface area contributed by atoms with Gasteiger partial charge in [-0.15, -0.1) is 10.2 Å². The Morgan fingerprint density at radius 3 is 2.43 bits per heavy atom. The topological polar surface area (TPSA) is 88.9 Å². The number of hydrogen-bond donors (Lipinski definition) is 2. The molecule has 0 bridgehead atoms. The molecule has 152 valence electrons. The standard InChI is InChI=1S/C19H26FN5O2S/c1-11(21-17(27)13-9-7-8-10-14(13)20)15-23-24-18(25(15)6)28-12(2)16(26)22-19(3,4)5/h7-12H,1-6H3,(H,21,27)(H,22,26). The van der Waals surface area contributed by atoms with Crippen LogP contribution in [-0.2, 0) is 11.8 Å². The molecule has 0 aliphatic heterocycles. The molecule has 2 rings (SSSR count). The number of nitrogens with one attached hydrogen (secondary N) is 2. The summed E-state index contributed by atoms with van der Waals surface area (Å²) in [6, 6.07) is 5.30. The summed E-state index contributed by atoms with van der Waals surface area (Å²) < 4.78 is 15.5. The molecular formula is C19H26FN5O2S. The number of halogens is 1. The number of nitrogens with zero attached hydrogens (tertiary/aromatic N) is 3. The molecule has 0 fully saturated rings. The fourth-order valence-corrected chi connectivity index (χ4v) is 3.29. The normalized spacial score (nSPS) is 13.7. The predicted octanol–water partition coefficient (Wildman–Crippen LogP) is 2.84. The van der Waals surface area contributed by atoms with Gasteiger partial charge in [0, 0.05) is 12.6 Å². The van der Waals surface area contributed by atoms with Crippen molar-refractivity contribution in [2.24, 2.45) is 7.05 Å². The maximum absolute atomic E-state index is 13.8. The van der Waals surface area contributed by atoms with Gasteiger partial charge in [0.15, 0.2) is 11.0 Å². The second kappa shape index (κ2) is 8.72. The van der Waals surface area contributed by atoms with Crippen LogP contribution in [0.1, 0.15) is 56.8 Å². The van der Waals surface area contributed by atoms with E-state index in [0.29, 0.717) is 11.0 Å². The van der Waals surface area contributed by atoms with E-state index < -0.39 is 17.8 Å². The highest BCUT2D eigenvalue weighted by Gasteiger charge is 2.24. The van der Waals surface area contributed by atoms with Gasteiger partial charge in [-0.25, -0.2) is 4.39 Å². The van der Waals surface area contributed by atoms with E-state index in [4.69, 9.17) is 0 Å². The number of carbonyl (C=O) groups excluding carboxylic acids is 2. The Hall–Kier alpha value is -2.42. The van der Waals surface area contributed by atoms with Crippen molar-refractivity contribution in [3.63, 3.8) is 0 Å². The molecule has 2 atom stereocenters. The highest BCUT2D eigenvalue weighted by Crippen LogP contribution is 2.24. The summed E-state index contributed by atoms with van der Waals surface area (Å²) in [4.78, 5) is 24.6. The molecule has 28 heavy (non-hydrogen) atoms. The third kappa shape index (κ3) is 5.54. The Morgan fingerprint density at radius 2 is 1.82 bits per heavy atom. The SMILES string of the molecule is CC(Sc1nnc(C(C)NC(=O)c2ccccc2F)n1C)C(=O)NC(C)(C)C. The summed E-state index contributed by atoms with van der Waals surface area (Å²) in [5.41, 5.74) is -0.346. The van der Waals surface area contributed by atoms with Crippen molar-refractivity contribution in [1.82, 2.24) is 25.4 Å². The van der Waals surface area contributed by atoms with Gasteiger partial charge >= 0.3 is 0 Å². The van der Waals surface area contributed by atoms with Crippen LogP contribution in [0.3, 0.4) is 0 Å². The average Bonchev–Trinajstić information content (AvgIpc) is 2.94. The Kier molecular flexibility index (Phi) is 6.82. The van der Waals surface area contributed by atoms with Crippen LogP contribution < -0.4 is 10.6 Å². The van der Waals surface area contributed by atoms with Crippen LogP contribution in [0.4, 0.5) is 4.39 Å². The Balaban J connectivity index is 2.06. The van der Waals surface area contributed by atoms with Crippen LogP contribution in [0.5, 0.6) is 0 Å². The molecule has 0 spiro atoms. The van der Waals surface area contributed by atoms with Gasteiger partial charge < -0.3 is 15.2 Å². The molecule has 1 heterocycles. The summed E-state index contributed by atoms with van der Waals surface area (Å²) in [5.74, 6) is -0.695. The lowest BCUT2D eigenvalue weighted by atomic mass is 10.1. The highest BCUT2D eigenvalue weighted by molar-refractivity contribution is 8.00. The van der Waals surface area contributed by atoms with Crippen molar-refractivity contribution in [1.29, 1.82) is 0 Å². The molecule has 0 aliphatic rings. The second-order valence-corrected chi connectivity index (χ2v) is 8.88. The summed E-state index contributed by atoms with van der Waals surface area (Å²) in [5, 5.41) is 14.1. The first-order chi connectivity index (χ1) is 13.0. The number of amides is 2. The lowest BCUT2D eigenvalue weighted by Gasteiger charge is -2.22. The molecule has 1 aromatic carbocycles. The van der Waals surface area contributed by atoms with Gasteiger partial charge in [0.25, 0.3) is 5.91 Å². The largest absolute Gasteiger partial charge is 0.351 e. The summed E-state index contributed by atoms with van der Waals surface area (Å²) in [6.07, 6.45) is 0. The summed E-state index contributed by atoms with van der Waals surface area (Å²) in [7, 11) is 1.76. The zero-order valence-electron chi connectivity index (χ0n) is 16.9. The van der Waals surface area contributed by atoms with Gasteiger partial charge in [-0.2, -0.15) is 0 Å². The summed E-state index contributed by atoms with van der Waals surface area (Å²) in [6.45, 7) is 9.30. The fourth-order valence-electron chi connectivity index (χ4n) is 2.47. The Morgan fingerprint density at radius 1 is 1.18 bits per heavy atom. The molecular weight excluding hydrogens is 381 g/mol. The first-order valence-corrected chi connectivity index (χ1v) is 9.81. The first kappa shape index (κ1) is 21.9. The number of aromatic nitrogens is 3. The molecule has 2 unspecified atom stereocenters. The molecule has 9 heteroatoms. The second-order valence-electron chi connectivity index (χ2n) is 7.57. The Labute approximate surface area is 168 Å². The van der Waals surface area contributed by atoms with Gasteiger partial charge in [-0.3, -0.25) is 9.59 Å². The molecule has 1 aromatic heterocycles. The van der Waals surface area contributed by atoms with Crippen molar-refractivity contribution < 1.29 is 14.0 Å². The van der Waals surface area contributed by atoms with Gasteiger partial charge in [-0.05, 0) is 46.8 Å². The van der Waals surface area contributed by atoms with E-state index in [9.17, 15) is 14.0 Å². The average molecular weight is 408 g/mol. The van der Waals surface area contributed by atoms with E-state index in [1.165, 1.54) is 30.0 Å². The van der Waals surface area contributed by atoms with Gasteiger partial charge in [0.05, 0.1) is 16.9 Å². The smallest absolute Gasteiger partial charge is 0.254 e. The molecule has 2 amide bonds. The highest BCUT2D eigenvalue weighted by atomic mass is 32.2. The van der Waals surface area contributed by atoms with Crippen molar-refractivity contribution in [3.05, 3.63) is 41.5 Å². The number of hydrogen-bond acceptors (Lipinski definition) is 5. The van der Waals surface area contributed by atoms with Crippen molar-refractivity contribution in [2.75, 3.05) is 0 Å². The van der Waals surface area contributed by atoms with Crippen LogP contribution in [0.25, 0.3) is 0 Å². The monoisotopic (exact) mass is 407 g/mol. The molecule has 0 aliphatic carbocycles. The predicted molar refractivity (Wildman–Crippen MR) is 106 cm³/mol. The number of benzene rings is 1. The van der Waals surface area contributed by atoms with Gasteiger partial charge in [0.2, 0.25) is 5.91 Å². The van der Waals surface area contributed by atoms with Gasteiger partial charge in [-0.1, -0.05) is 23.9 Å². The lowest BCUT2D eigenvalue weighted by molar-refractivity contribution is -0.121. The molecule has 2 aromatic rings. The van der Waals surface area contributed by atoms with Crippen molar-refractivity contribution in [3.8, 4) is 0 Å². The van der Waals surface area contributed by atoms with Crippen molar-refractivity contribution in [2.45, 2.75) is 56.6 Å². The van der Waals surface area contributed by atoms with E-state index in [-0.39, 0.29) is 22.3 Å². The number of rotatable bonds is 6. The van der Waals surface area contributed by atoms with Crippen LogP contribution in [0.15, 0.2) is 29.4 Å². The lowest BCUT2D eigenvalue weighted by Crippen LogP contribution is -2.44. The third-order valence-electron chi connectivity index (χ3n) is 3.87. The maximum atomic E-state index is 13.8. The van der Waals surface area contributed by atoms with E-state index in [1.807, 2.05) is 20.8 Å². The number of carbonyl (C=O) groups is 2. The summed E-state index contributed by atoms with van der Waals surface area (Å²) >= 11 is 1.28. The quantitative estimate of drug-likeness (QED) is 0.719. The molecule has 2 N–H and O–H groups in total. The minimum atomic E-state index is -0.583.